The summed E-state index contributed by atoms with van der Waals surface area (Å²) >= 11 is 0. The van der Waals surface area contributed by atoms with E-state index in [2.05, 4.69) is 4.90 Å². The summed E-state index contributed by atoms with van der Waals surface area (Å²) in [6.45, 7) is 3.84. The van der Waals surface area contributed by atoms with Crippen LogP contribution in [0.4, 0.5) is 0 Å². The van der Waals surface area contributed by atoms with E-state index in [0.29, 0.717) is 13.1 Å². The van der Waals surface area contributed by atoms with Crippen LogP contribution in [0.3, 0.4) is 0 Å². The molecule has 116 valence electrons. The highest BCUT2D eigenvalue weighted by Gasteiger charge is 2.31. The molecule has 1 N–H and O–H groups in total. The van der Waals surface area contributed by atoms with E-state index in [1.807, 2.05) is 14.0 Å². The molecule has 0 aromatic heterocycles. The number of carboxylic acid groups (broad SMARTS) is 1. The van der Waals surface area contributed by atoms with Crippen molar-refractivity contribution in [2.24, 2.45) is 0 Å². The van der Waals surface area contributed by atoms with Crippen molar-refractivity contribution in [3.8, 4) is 0 Å². The van der Waals surface area contributed by atoms with E-state index in [1.54, 1.807) is 0 Å². The maximum absolute atomic E-state index is 12.7. The third kappa shape index (κ3) is 3.42. The van der Waals surface area contributed by atoms with Crippen LogP contribution in [0.15, 0.2) is 29.2 Å². The van der Waals surface area contributed by atoms with Crippen LogP contribution in [0.25, 0.3) is 0 Å². The minimum atomic E-state index is -3.67. The molecular weight excluding hydrogens is 292 g/mol. The standard InChI is InChI=1S/C14H20N2O4S/c1-11-10-15(2)7-4-8-16(11)21(19,20)13-6-3-5-12(9-13)14(17)18/h3,5-6,9,11H,4,7-8,10H2,1-2H3,(H,17,18). The number of hydrogen-bond acceptors (Lipinski definition) is 4. The zero-order valence-corrected chi connectivity index (χ0v) is 13.0. The van der Waals surface area contributed by atoms with Crippen LogP contribution in [-0.4, -0.2) is 61.4 Å². The van der Waals surface area contributed by atoms with Gasteiger partial charge in [0.2, 0.25) is 10.0 Å². The maximum Gasteiger partial charge on any atom is 0.335 e. The maximum atomic E-state index is 12.7. The molecule has 2 rings (SSSR count). The van der Waals surface area contributed by atoms with Crippen LogP contribution in [0.1, 0.15) is 23.7 Å². The lowest BCUT2D eigenvalue weighted by Gasteiger charge is -2.27. The van der Waals surface area contributed by atoms with E-state index in [1.165, 1.54) is 28.6 Å². The fourth-order valence-corrected chi connectivity index (χ4v) is 4.34. The first-order chi connectivity index (χ1) is 9.82. The molecule has 1 unspecified atom stereocenters. The van der Waals surface area contributed by atoms with Crippen LogP contribution in [0, 0.1) is 0 Å². The summed E-state index contributed by atoms with van der Waals surface area (Å²) in [5, 5.41) is 9.00. The number of benzene rings is 1. The number of rotatable bonds is 3. The van der Waals surface area contributed by atoms with Gasteiger partial charge in [0.05, 0.1) is 10.5 Å². The number of nitrogens with zero attached hydrogens (tertiary/aromatic N) is 2. The van der Waals surface area contributed by atoms with Gasteiger partial charge in [-0.25, -0.2) is 13.2 Å². The molecule has 1 heterocycles. The molecule has 1 saturated heterocycles. The van der Waals surface area contributed by atoms with Gasteiger partial charge >= 0.3 is 5.97 Å². The number of aromatic carboxylic acids is 1. The predicted octanol–water partition coefficient (Wildman–Crippen LogP) is 1.10. The number of carboxylic acids is 1. The molecule has 0 bridgehead atoms. The Morgan fingerprint density at radius 2 is 2.05 bits per heavy atom. The molecule has 21 heavy (non-hydrogen) atoms. The molecule has 1 aromatic carbocycles. The topological polar surface area (TPSA) is 77.9 Å². The van der Waals surface area contributed by atoms with E-state index in [9.17, 15) is 13.2 Å². The molecule has 1 fully saturated rings. The van der Waals surface area contributed by atoms with Crippen molar-refractivity contribution in [3.63, 3.8) is 0 Å². The van der Waals surface area contributed by atoms with Gasteiger partial charge in [0.1, 0.15) is 0 Å². The number of hydrogen-bond donors (Lipinski definition) is 1. The Morgan fingerprint density at radius 3 is 2.71 bits per heavy atom. The first kappa shape index (κ1) is 15.9. The second-order valence-corrected chi connectivity index (χ2v) is 7.30. The fraction of sp³-hybridized carbons (Fsp3) is 0.500. The second kappa shape index (κ2) is 6.13. The third-order valence-electron chi connectivity index (χ3n) is 3.67. The highest BCUT2D eigenvalue weighted by Crippen LogP contribution is 2.21. The molecule has 0 aliphatic carbocycles. The van der Waals surface area contributed by atoms with E-state index in [0.717, 1.165) is 13.0 Å². The molecule has 0 radical (unpaired) electrons. The molecule has 7 heteroatoms. The van der Waals surface area contributed by atoms with Crippen molar-refractivity contribution in [2.75, 3.05) is 26.7 Å². The van der Waals surface area contributed by atoms with Gasteiger partial charge in [-0.2, -0.15) is 4.31 Å². The number of sulfonamides is 1. The molecule has 1 aromatic rings. The predicted molar refractivity (Wildman–Crippen MR) is 78.9 cm³/mol. The first-order valence-electron chi connectivity index (χ1n) is 6.86. The van der Waals surface area contributed by atoms with Crippen molar-refractivity contribution in [1.82, 2.24) is 9.21 Å². The number of likely N-dealkylation sites (N-methyl/N-ethyl adjacent to an activating group) is 1. The zero-order valence-electron chi connectivity index (χ0n) is 12.2. The fourth-order valence-electron chi connectivity index (χ4n) is 2.63. The third-order valence-corrected chi connectivity index (χ3v) is 5.68. The van der Waals surface area contributed by atoms with Crippen molar-refractivity contribution < 1.29 is 18.3 Å². The molecule has 0 spiro atoms. The van der Waals surface area contributed by atoms with Gasteiger partial charge in [-0.15, -0.1) is 0 Å². The molecule has 1 aliphatic rings. The zero-order chi connectivity index (χ0) is 15.6. The van der Waals surface area contributed by atoms with E-state index in [4.69, 9.17) is 5.11 Å². The summed E-state index contributed by atoms with van der Waals surface area (Å²) in [5.74, 6) is -1.13. The van der Waals surface area contributed by atoms with Crippen LogP contribution in [0.2, 0.25) is 0 Å². The van der Waals surface area contributed by atoms with Crippen LogP contribution in [0.5, 0.6) is 0 Å². The summed E-state index contributed by atoms with van der Waals surface area (Å²) in [7, 11) is -1.70. The van der Waals surface area contributed by atoms with Gasteiger partial charge in [0.25, 0.3) is 0 Å². The summed E-state index contributed by atoms with van der Waals surface area (Å²) < 4.78 is 27.0. The lowest BCUT2D eigenvalue weighted by atomic mass is 10.2. The summed E-state index contributed by atoms with van der Waals surface area (Å²) in [6.07, 6.45) is 0.763. The number of carbonyl (C=O) groups is 1. The van der Waals surface area contributed by atoms with Gasteiger partial charge in [-0.05, 0) is 45.1 Å². The average molecular weight is 312 g/mol. The highest BCUT2D eigenvalue weighted by atomic mass is 32.2. The van der Waals surface area contributed by atoms with Gasteiger partial charge in [-0.1, -0.05) is 6.07 Å². The van der Waals surface area contributed by atoms with Crippen LogP contribution in [-0.2, 0) is 10.0 Å². The molecule has 0 amide bonds. The first-order valence-corrected chi connectivity index (χ1v) is 8.30. The van der Waals surface area contributed by atoms with E-state index in [-0.39, 0.29) is 16.5 Å². The van der Waals surface area contributed by atoms with Gasteiger partial charge < -0.3 is 10.0 Å². The minimum absolute atomic E-state index is 0.0179. The Labute approximate surface area is 125 Å². The molecule has 0 saturated carbocycles. The Kier molecular flexibility index (Phi) is 4.65. The quantitative estimate of drug-likeness (QED) is 0.904. The molecular formula is C14H20N2O4S. The van der Waals surface area contributed by atoms with Crippen molar-refractivity contribution in [2.45, 2.75) is 24.3 Å². The largest absolute Gasteiger partial charge is 0.478 e. The minimum Gasteiger partial charge on any atom is -0.478 e. The molecule has 1 atom stereocenters. The van der Waals surface area contributed by atoms with Gasteiger partial charge in [0, 0.05) is 19.1 Å². The Balaban J connectivity index is 2.36. The van der Waals surface area contributed by atoms with Gasteiger partial charge in [0.15, 0.2) is 0 Å². The van der Waals surface area contributed by atoms with Crippen molar-refractivity contribution >= 4 is 16.0 Å². The van der Waals surface area contributed by atoms with E-state index < -0.39 is 16.0 Å². The monoisotopic (exact) mass is 312 g/mol. The molecule has 1 aliphatic heterocycles. The Bertz CT molecular complexity index is 630. The van der Waals surface area contributed by atoms with Crippen molar-refractivity contribution in [3.05, 3.63) is 29.8 Å². The normalized spacial score (nSPS) is 21.9. The SMILES string of the molecule is CC1CN(C)CCCN1S(=O)(=O)c1cccc(C(=O)O)c1. The van der Waals surface area contributed by atoms with Crippen molar-refractivity contribution in [1.29, 1.82) is 0 Å². The smallest absolute Gasteiger partial charge is 0.335 e. The van der Waals surface area contributed by atoms with Gasteiger partial charge in [-0.3, -0.25) is 0 Å². The lowest BCUT2D eigenvalue weighted by molar-refractivity contribution is 0.0696. The van der Waals surface area contributed by atoms with Crippen LogP contribution >= 0.6 is 0 Å². The molecule has 6 nitrogen and oxygen atoms in total. The Hall–Kier alpha value is -1.44. The average Bonchev–Trinajstić information content (AvgIpc) is 2.59. The summed E-state index contributed by atoms with van der Waals surface area (Å²) in [4.78, 5) is 13.1. The summed E-state index contributed by atoms with van der Waals surface area (Å²) in [6, 6.07) is 5.38. The second-order valence-electron chi connectivity index (χ2n) is 5.41. The van der Waals surface area contributed by atoms with Crippen LogP contribution < -0.4 is 0 Å². The van der Waals surface area contributed by atoms with E-state index >= 15 is 0 Å². The Morgan fingerprint density at radius 1 is 1.33 bits per heavy atom. The highest BCUT2D eigenvalue weighted by molar-refractivity contribution is 7.89. The lowest BCUT2D eigenvalue weighted by Crippen LogP contribution is -2.41. The summed E-state index contributed by atoms with van der Waals surface area (Å²) in [5.41, 5.74) is -0.0179.